The van der Waals surface area contributed by atoms with Crippen LogP contribution in [0.5, 0.6) is 5.75 Å². The number of Topliss-reactive ketones (excluding diaryl/α,β-unsaturated/α-hetero) is 1. The van der Waals surface area contributed by atoms with Gasteiger partial charge in [0.05, 0.1) is 12.5 Å². The van der Waals surface area contributed by atoms with Gasteiger partial charge in [0.2, 0.25) is 0 Å². The summed E-state index contributed by atoms with van der Waals surface area (Å²) in [5, 5.41) is 37.2. The summed E-state index contributed by atoms with van der Waals surface area (Å²) in [4.78, 5) is 39.1. The number of benzene rings is 1. The number of rotatable bonds is 8. The highest BCUT2D eigenvalue weighted by atomic mass is 16.6. The Hall–Kier alpha value is -3.27. The fourth-order valence-electron chi connectivity index (χ4n) is 9.07. The first kappa shape index (κ1) is 35.0. The van der Waals surface area contributed by atoms with Crippen LogP contribution in [0.3, 0.4) is 0 Å². The van der Waals surface area contributed by atoms with E-state index in [1.165, 1.54) is 19.1 Å². The van der Waals surface area contributed by atoms with E-state index in [-0.39, 0.29) is 37.7 Å². The van der Waals surface area contributed by atoms with Crippen LogP contribution in [0.25, 0.3) is 6.08 Å². The Morgan fingerprint density at radius 3 is 2.26 bits per heavy atom. The normalized spacial score (nSPS) is 38.2. The molecule has 0 heterocycles. The number of esters is 2. The second-order valence-electron chi connectivity index (χ2n) is 14.9. The summed E-state index contributed by atoms with van der Waals surface area (Å²) in [5.74, 6) is -1.31. The van der Waals surface area contributed by atoms with Crippen LogP contribution in [-0.4, -0.2) is 69.2 Å². The number of carbonyl (C=O) groups excluding carboxylic acids is 3. The van der Waals surface area contributed by atoms with Crippen LogP contribution in [0.4, 0.5) is 0 Å². The Morgan fingerprint density at radius 1 is 0.957 bits per heavy atom. The summed E-state index contributed by atoms with van der Waals surface area (Å²) in [6.07, 6.45) is 6.77. The van der Waals surface area contributed by atoms with Gasteiger partial charge in [0, 0.05) is 24.5 Å². The molecule has 9 heteroatoms. The van der Waals surface area contributed by atoms with Crippen LogP contribution in [0.2, 0.25) is 0 Å². The van der Waals surface area contributed by atoms with Crippen molar-refractivity contribution in [3.63, 3.8) is 0 Å². The van der Waals surface area contributed by atoms with Crippen LogP contribution in [0, 0.1) is 22.7 Å². The van der Waals surface area contributed by atoms with Gasteiger partial charge >= 0.3 is 11.9 Å². The number of aliphatic hydroxyl groups is 3. The molecule has 256 valence electrons. The summed E-state index contributed by atoms with van der Waals surface area (Å²) in [6, 6.07) is 7.32. The molecule has 3 fully saturated rings. The fourth-order valence-corrected chi connectivity index (χ4v) is 9.07. The van der Waals surface area contributed by atoms with E-state index in [1.807, 2.05) is 51.1 Å². The second kappa shape index (κ2) is 12.3. The first-order valence-corrected chi connectivity index (χ1v) is 16.7. The summed E-state index contributed by atoms with van der Waals surface area (Å²) in [6.45, 7) is 10.7. The van der Waals surface area contributed by atoms with Crippen LogP contribution in [0.1, 0.15) is 92.1 Å². The highest BCUT2D eigenvalue weighted by molar-refractivity contribution is 5.88. The Labute approximate surface area is 277 Å². The number of hydrogen-bond donors (Lipinski definition) is 3. The van der Waals surface area contributed by atoms with Gasteiger partial charge in [-0.05, 0) is 94.4 Å². The van der Waals surface area contributed by atoms with Crippen LogP contribution < -0.4 is 4.74 Å². The molecular formula is C38H50O9. The van der Waals surface area contributed by atoms with E-state index in [0.29, 0.717) is 19.3 Å². The summed E-state index contributed by atoms with van der Waals surface area (Å²) in [5.41, 5.74) is -5.22. The standard InChI is InChI=1S/C38H50O9/c1-23(2)24(3)20-33(41)47-31-22-30-34(5)16-15-29(46-32(40)13-10-26-8-11-28(45-7)12-9-26)21-27(34)14-17-37(30,43)38(44)19-18-36(42,25(4)39)35(31,38)6/h8-14,20,23,29-31,42-44H,15-19,21-22H2,1-7H3/b13-10+,24-20+/t29-,30?,31+,34-,35+,36+,37-,38+/m0/s1. The van der Waals surface area contributed by atoms with Gasteiger partial charge in [0.25, 0.3) is 0 Å². The lowest BCUT2D eigenvalue weighted by Gasteiger charge is -2.67. The van der Waals surface area contributed by atoms with Crippen molar-refractivity contribution in [3.05, 3.63) is 59.2 Å². The molecule has 3 saturated carbocycles. The van der Waals surface area contributed by atoms with Gasteiger partial charge in [0.1, 0.15) is 34.8 Å². The third-order valence-electron chi connectivity index (χ3n) is 12.5. The number of allylic oxidation sites excluding steroid dienone is 1. The monoisotopic (exact) mass is 650 g/mol. The summed E-state index contributed by atoms with van der Waals surface area (Å²) in [7, 11) is 1.59. The second-order valence-corrected chi connectivity index (χ2v) is 14.9. The van der Waals surface area contributed by atoms with E-state index < -0.39 is 57.4 Å². The maximum absolute atomic E-state index is 13.3. The zero-order chi connectivity index (χ0) is 34.6. The number of carbonyl (C=O) groups is 3. The first-order chi connectivity index (χ1) is 21.9. The molecule has 0 spiro atoms. The van der Waals surface area contributed by atoms with Crippen molar-refractivity contribution in [1.29, 1.82) is 0 Å². The molecule has 4 aliphatic carbocycles. The van der Waals surface area contributed by atoms with Crippen molar-refractivity contribution < 1.29 is 43.9 Å². The first-order valence-electron chi connectivity index (χ1n) is 16.7. The molecule has 8 atom stereocenters. The highest BCUT2D eigenvalue weighted by Crippen LogP contribution is 2.71. The molecule has 3 N–H and O–H groups in total. The molecule has 0 aliphatic heterocycles. The van der Waals surface area contributed by atoms with Gasteiger partial charge in [-0.3, -0.25) is 4.79 Å². The number of ketones is 1. The third-order valence-corrected chi connectivity index (χ3v) is 12.5. The summed E-state index contributed by atoms with van der Waals surface area (Å²) < 4.78 is 17.1. The zero-order valence-corrected chi connectivity index (χ0v) is 28.7. The third kappa shape index (κ3) is 5.48. The van der Waals surface area contributed by atoms with E-state index in [4.69, 9.17) is 14.2 Å². The average Bonchev–Trinajstić information content (AvgIpc) is 3.26. The molecule has 1 aromatic rings. The molecule has 4 aliphatic rings. The predicted molar refractivity (Wildman–Crippen MR) is 176 cm³/mol. The molecule has 47 heavy (non-hydrogen) atoms. The maximum Gasteiger partial charge on any atom is 0.331 e. The molecule has 0 aromatic heterocycles. The molecule has 0 amide bonds. The van der Waals surface area contributed by atoms with E-state index in [9.17, 15) is 29.7 Å². The van der Waals surface area contributed by atoms with Crippen molar-refractivity contribution in [2.75, 3.05) is 7.11 Å². The van der Waals surface area contributed by atoms with Crippen LogP contribution >= 0.6 is 0 Å². The SMILES string of the molecule is COc1ccc(/C=C/C(=O)O[C@H]2CC[C@@]3(C)C(=CC[C@]4(O)C3C[C@@H](OC(=O)/C=C(\C)C(C)C)[C@@]3(C)[C@]4(O)CC[C@@]3(O)C(C)=O)C2)cc1. The van der Waals surface area contributed by atoms with Crippen molar-refractivity contribution in [2.45, 2.75) is 115 Å². The molecule has 0 radical (unpaired) electrons. The predicted octanol–water partition coefficient (Wildman–Crippen LogP) is 5.26. The van der Waals surface area contributed by atoms with Crippen molar-refractivity contribution in [3.8, 4) is 5.75 Å². The lowest BCUT2D eigenvalue weighted by Crippen LogP contribution is -2.78. The van der Waals surface area contributed by atoms with Gasteiger partial charge in [-0.2, -0.15) is 0 Å². The van der Waals surface area contributed by atoms with Gasteiger partial charge in [0.15, 0.2) is 5.78 Å². The lowest BCUT2D eigenvalue weighted by molar-refractivity contribution is -0.314. The topological polar surface area (TPSA) is 140 Å². The van der Waals surface area contributed by atoms with Gasteiger partial charge in [-0.15, -0.1) is 0 Å². The van der Waals surface area contributed by atoms with Crippen LogP contribution in [-0.2, 0) is 23.9 Å². The molecular weight excluding hydrogens is 600 g/mol. The Kier molecular flexibility index (Phi) is 9.18. The minimum absolute atomic E-state index is 0.0263. The molecule has 0 bridgehead atoms. The van der Waals surface area contributed by atoms with Crippen molar-refractivity contribution >= 4 is 23.8 Å². The van der Waals surface area contributed by atoms with E-state index in [1.54, 1.807) is 20.1 Å². The molecule has 0 saturated heterocycles. The Balaban J connectivity index is 1.42. The minimum atomic E-state index is -2.00. The quantitative estimate of drug-likeness (QED) is 0.195. The van der Waals surface area contributed by atoms with Crippen molar-refractivity contribution in [1.82, 2.24) is 0 Å². The Bertz CT molecular complexity index is 1510. The van der Waals surface area contributed by atoms with E-state index in [2.05, 4.69) is 6.92 Å². The van der Waals surface area contributed by atoms with Gasteiger partial charge < -0.3 is 29.5 Å². The zero-order valence-electron chi connectivity index (χ0n) is 28.7. The highest BCUT2D eigenvalue weighted by Gasteiger charge is 2.81. The van der Waals surface area contributed by atoms with E-state index in [0.717, 1.165) is 22.5 Å². The maximum atomic E-state index is 13.3. The van der Waals surface area contributed by atoms with Crippen LogP contribution in [0.15, 0.2) is 53.6 Å². The van der Waals surface area contributed by atoms with E-state index >= 15 is 0 Å². The fraction of sp³-hybridized carbons (Fsp3) is 0.605. The average molecular weight is 651 g/mol. The molecule has 1 aromatic carbocycles. The van der Waals surface area contributed by atoms with Crippen molar-refractivity contribution in [2.24, 2.45) is 22.7 Å². The van der Waals surface area contributed by atoms with Gasteiger partial charge in [-0.25, -0.2) is 9.59 Å². The smallest absolute Gasteiger partial charge is 0.331 e. The number of fused-ring (bicyclic) bond motifs is 5. The largest absolute Gasteiger partial charge is 0.497 e. The number of ether oxygens (including phenoxy) is 3. The Morgan fingerprint density at radius 2 is 1.64 bits per heavy atom. The lowest BCUT2D eigenvalue weighted by atomic mass is 9.42. The number of methoxy groups -OCH3 is 1. The number of hydrogen-bond acceptors (Lipinski definition) is 9. The molecule has 1 unspecified atom stereocenters. The molecule has 5 rings (SSSR count). The van der Waals surface area contributed by atoms with Gasteiger partial charge in [-0.1, -0.05) is 50.1 Å². The minimum Gasteiger partial charge on any atom is -0.497 e. The summed E-state index contributed by atoms with van der Waals surface area (Å²) >= 11 is 0. The molecule has 9 nitrogen and oxygen atoms in total.